The maximum atomic E-state index is 11.3. The van der Waals surface area contributed by atoms with E-state index in [1.54, 1.807) is 12.4 Å². The number of carbonyl (C=O) groups excluding carboxylic acids is 1. The molecule has 0 aliphatic carbocycles. The quantitative estimate of drug-likeness (QED) is 0.775. The Labute approximate surface area is 106 Å². The van der Waals surface area contributed by atoms with Crippen LogP contribution in [0.3, 0.4) is 0 Å². The monoisotopic (exact) mass is 241 g/mol. The molecule has 2 heterocycles. The minimum atomic E-state index is -0.00973. The predicted octanol–water partition coefficient (Wildman–Crippen LogP) is 2.61. The second-order valence-electron chi connectivity index (χ2n) is 4.14. The van der Waals surface area contributed by atoms with Gasteiger partial charge in [0.2, 0.25) is 0 Å². The zero-order chi connectivity index (χ0) is 13.1. The summed E-state index contributed by atoms with van der Waals surface area (Å²) in [6.45, 7) is 5.42. The fourth-order valence-electron chi connectivity index (χ4n) is 1.87. The van der Waals surface area contributed by atoms with E-state index < -0.39 is 0 Å². The predicted molar refractivity (Wildman–Crippen MR) is 69.4 cm³/mol. The molecule has 2 rings (SSSR count). The van der Waals surface area contributed by atoms with Crippen molar-refractivity contribution in [3.05, 3.63) is 41.5 Å². The van der Waals surface area contributed by atoms with E-state index in [1.165, 1.54) is 6.92 Å². The van der Waals surface area contributed by atoms with Gasteiger partial charge < -0.3 is 0 Å². The molecular formula is C14H15N3O. The first-order valence-corrected chi connectivity index (χ1v) is 5.91. The number of hydrogen-bond acceptors (Lipinski definition) is 4. The van der Waals surface area contributed by atoms with E-state index in [1.807, 2.05) is 19.2 Å². The largest absolute Gasteiger partial charge is 0.294 e. The fourth-order valence-corrected chi connectivity index (χ4v) is 1.87. The molecule has 0 saturated heterocycles. The normalized spacial score (nSPS) is 10.4. The summed E-state index contributed by atoms with van der Waals surface area (Å²) in [4.78, 5) is 24.1. The van der Waals surface area contributed by atoms with E-state index in [2.05, 4.69) is 21.9 Å². The summed E-state index contributed by atoms with van der Waals surface area (Å²) < 4.78 is 0. The highest BCUT2D eigenvalue weighted by molar-refractivity contribution is 5.94. The number of hydrogen-bond donors (Lipinski definition) is 0. The number of carbonyl (C=O) groups is 1. The van der Waals surface area contributed by atoms with Gasteiger partial charge >= 0.3 is 0 Å². The molecule has 0 bridgehead atoms. The van der Waals surface area contributed by atoms with Gasteiger partial charge in [0.05, 0.1) is 11.3 Å². The van der Waals surface area contributed by atoms with Gasteiger partial charge in [0.1, 0.15) is 0 Å². The summed E-state index contributed by atoms with van der Waals surface area (Å²) in [5.41, 5.74) is 3.37. The van der Waals surface area contributed by atoms with Crippen LogP contribution in [0.25, 0.3) is 11.4 Å². The van der Waals surface area contributed by atoms with Gasteiger partial charge in [0, 0.05) is 24.2 Å². The van der Waals surface area contributed by atoms with Crippen LogP contribution in [0.1, 0.15) is 35.5 Å². The van der Waals surface area contributed by atoms with Crippen LogP contribution in [0, 0.1) is 6.92 Å². The molecule has 0 amide bonds. The number of Topliss-reactive ketones (excluding diaryl/α,β-unsaturated/α-hetero) is 1. The van der Waals surface area contributed by atoms with Crippen molar-refractivity contribution in [2.24, 2.45) is 0 Å². The van der Waals surface area contributed by atoms with E-state index >= 15 is 0 Å². The molecule has 4 nitrogen and oxygen atoms in total. The minimum Gasteiger partial charge on any atom is -0.294 e. The Bertz CT molecular complexity index is 593. The zero-order valence-corrected chi connectivity index (χ0v) is 10.8. The maximum absolute atomic E-state index is 11.3. The van der Waals surface area contributed by atoms with Crippen molar-refractivity contribution < 1.29 is 4.79 Å². The molecule has 4 heteroatoms. The van der Waals surface area contributed by atoms with Gasteiger partial charge in [-0.05, 0) is 31.9 Å². The van der Waals surface area contributed by atoms with E-state index in [-0.39, 0.29) is 5.78 Å². The lowest BCUT2D eigenvalue weighted by Gasteiger charge is -2.07. The molecule has 0 atom stereocenters. The van der Waals surface area contributed by atoms with Gasteiger partial charge in [-0.1, -0.05) is 6.92 Å². The fraction of sp³-hybridized carbons (Fsp3) is 0.286. The van der Waals surface area contributed by atoms with Crippen LogP contribution in [0.2, 0.25) is 0 Å². The standard InChI is InChI=1S/C14H15N3O/c1-4-11-7-15-6-5-12(11)14-16-8-13(10(3)18)9(2)17-14/h5-8H,4H2,1-3H3. The summed E-state index contributed by atoms with van der Waals surface area (Å²) in [7, 11) is 0. The van der Waals surface area contributed by atoms with Crippen LogP contribution >= 0.6 is 0 Å². The molecule has 0 N–H and O–H groups in total. The van der Waals surface area contributed by atoms with Crippen molar-refractivity contribution in [1.29, 1.82) is 0 Å². The lowest BCUT2D eigenvalue weighted by Crippen LogP contribution is -2.03. The Balaban J connectivity index is 2.52. The molecule has 2 aromatic rings. The van der Waals surface area contributed by atoms with Gasteiger partial charge in [-0.15, -0.1) is 0 Å². The van der Waals surface area contributed by atoms with Gasteiger partial charge in [0.25, 0.3) is 0 Å². The first kappa shape index (κ1) is 12.4. The Hall–Kier alpha value is -2.10. The summed E-state index contributed by atoms with van der Waals surface area (Å²) in [5, 5.41) is 0. The molecule has 0 aliphatic rings. The van der Waals surface area contributed by atoms with Crippen LogP contribution in [-0.4, -0.2) is 20.7 Å². The van der Waals surface area contributed by atoms with Crippen LogP contribution < -0.4 is 0 Å². The lowest BCUT2D eigenvalue weighted by atomic mass is 10.1. The highest BCUT2D eigenvalue weighted by atomic mass is 16.1. The van der Waals surface area contributed by atoms with Crippen LogP contribution in [0.5, 0.6) is 0 Å². The van der Waals surface area contributed by atoms with E-state index in [0.29, 0.717) is 17.1 Å². The molecule has 18 heavy (non-hydrogen) atoms. The van der Waals surface area contributed by atoms with Crippen molar-refractivity contribution in [3.8, 4) is 11.4 Å². The molecular weight excluding hydrogens is 226 g/mol. The minimum absolute atomic E-state index is 0.00973. The lowest BCUT2D eigenvalue weighted by molar-refractivity contribution is 0.101. The highest BCUT2D eigenvalue weighted by Gasteiger charge is 2.10. The number of rotatable bonds is 3. The molecule has 0 fully saturated rings. The number of aromatic nitrogens is 3. The second kappa shape index (κ2) is 5.04. The van der Waals surface area contributed by atoms with E-state index in [9.17, 15) is 4.79 Å². The summed E-state index contributed by atoms with van der Waals surface area (Å²) in [6.07, 6.45) is 6.03. The molecule has 0 saturated carbocycles. The summed E-state index contributed by atoms with van der Waals surface area (Å²) >= 11 is 0. The topological polar surface area (TPSA) is 55.7 Å². The highest BCUT2D eigenvalue weighted by Crippen LogP contribution is 2.20. The van der Waals surface area contributed by atoms with Crippen molar-refractivity contribution in [2.75, 3.05) is 0 Å². The third-order valence-corrected chi connectivity index (χ3v) is 2.88. The van der Waals surface area contributed by atoms with Crippen molar-refractivity contribution in [3.63, 3.8) is 0 Å². The average Bonchev–Trinajstić information content (AvgIpc) is 2.38. The molecule has 0 radical (unpaired) electrons. The van der Waals surface area contributed by atoms with Gasteiger partial charge in [-0.3, -0.25) is 9.78 Å². The van der Waals surface area contributed by atoms with Gasteiger partial charge in [-0.2, -0.15) is 0 Å². The average molecular weight is 241 g/mol. The van der Waals surface area contributed by atoms with Gasteiger partial charge in [0.15, 0.2) is 11.6 Å². The first-order chi connectivity index (χ1) is 8.63. The van der Waals surface area contributed by atoms with Crippen molar-refractivity contribution >= 4 is 5.78 Å². The number of pyridine rings is 1. The number of nitrogens with zero attached hydrogens (tertiary/aromatic N) is 3. The molecule has 0 unspecified atom stereocenters. The molecule has 0 aromatic carbocycles. The third-order valence-electron chi connectivity index (χ3n) is 2.88. The molecule has 0 aliphatic heterocycles. The molecule has 2 aromatic heterocycles. The Morgan fingerprint density at radius 3 is 2.72 bits per heavy atom. The summed E-state index contributed by atoms with van der Waals surface area (Å²) in [6, 6.07) is 1.90. The summed E-state index contributed by atoms with van der Waals surface area (Å²) in [5.74, 6) is 0.640. The van der Waals surface area contributed by atoms with E-state index in [0.717, 1.165) is 17.5 Å². The SMILES string of the molecule is CCc1cnccc1-c1ncc(C(C)=O)c(C)n1. The van der Waals surface area contributed by atoms with E-state index in [4.69, 9.17) is 0 Å². The molecule has 0 spiro atoms. The Morgan fingerprint density at radius 2 is 2.11 bits per heavy atom. The number of ketones is 1. The Kier molecular flexibility index (Phi) is 3.46. The van der Waals surface area contributed by atoms with Crippen LogP contribution in [0.4, 0.5) is 0 Å². The first-order valence-electron chi connectivity index (χ1n) is 5.91. The number of aryl methyl sites for hydroxylation is 2. The maximum Gasteiger partial charge on any atom is 0.163 e. The van der Waals surface area contributed by atoms with Crippen LogP contribution in [0.15, 0.2) is 24.7 Å². The smallest absolute Gasteiger partial charge is 0.163 e. The Morgan fingerprint density at radius 1 is 1.33 bits per heavy atom. The van der Waals surface area contributed by atoms with Gasteiger partial charge in [-0.25, -0.2) is 9.97 Å². The third kappa shape index (κ3) is 2.27. The van der Waals surface area contributed by atoms with Crippen molar-refractivity contribution in [1.82, 2.24) is 15.0 Å². The van der Waals surface area contributed by atoms with Crippen LogP contribution in [-0.2, 0) is 6.42 Å². The van der Waals surface area contributed by atoms with Crippen molar-refractivity contribution in [2.45, 2.75) is 27.2 Å². The molecule has 92 valence electrons. The second-order valence-corrected chi connectivity index (χ2v) is 4.14. The zero-order valence-electron chi connectivity index (χ0n) is 10.8.